The number of carbonyl (C=O) groups is 1. The molecule has 0 unspecified atom stereocenters. The van der Waals surface area contributed by atoms with Gasteiger partial charge in [-0.25, -0.2) is 9.78 Å². The molecule has 2 aromatic heterocycles. The SMILES string of the molecule is Cc1ccc(Nc2cc(C(=O)O)nc3ccccc23)cn1. The Morgan fingerprint density at radius 2 is 2.00 bits per heavy atom. The number of carboxylic acid groups (broad SMARTS) is 1. The first-order valence-corrected chi connectivity index (χ1v) is 6.46. The second kappa shape index (κ2) is 5.20. The van der Waals surface area contributed by atoms with Gasteiger partial charge in [0.25, 0.3) is 0 Å². The summed E-state index contributed by atoms with van der Waals surface area (Å²) in [4.78, 5) is 19.5. The van der Waals surface area contributed by atoms with Gasteiger partial charge in [0.2, 0.25) is 0 Å². The fraction of sp³-hybridized carbons (Fsp3) is 0.0625. The molecule has 2 heterocycles. The van der Waals surface area contributed by atoms with Crippen molar-refractivity contribution in [3.8, 4) is 0 Å². The molecule has 0 aliphatic heterocycles. The zero-order chi connectivity index (χ0) is 14.8. The molecule has 5 nitrogen and oxygen atoms in total. The van der Waals surface area contributed by atoms with E-state index in [1.54, 1.807) is 12.3 Å². The molecule has 1 aromatic carbocycles. The number of hydrogen-bond donors (Lipinski definition) is 2. The first-order valence-electron chi connectivity index (χ1n) is 6.46. The monoisotopic (exact) mass is 279 g/mol. The number of aryl methyl sites for hydroxylation is 1. The number of benzene rings is 1. The fourth-order valence-corrected chi connectivity index (χ4v) is 2.09. The largest absolute Gasteiger partial charge is 0.477 e. The van der Waals surface area contributed by atoms with E-state index in [1.807, 2.05) is 37.3 Å². The normalized spacial score (nSPS) is 10.5. The Hall–Kier alpha value is -2.95. The van der Waals surface area contributed by atoms with Crippen molar-refractivity contribution in [1.82, 2.24) is 9.97 Å². The van der Waals surface area contributed by atoms with E-state index >= 15 is 0 Å². The van der Waals surface area contributed by atoms with E-state index < -0.39 is 5.97 Å². The lowest BCUT2D eigenvalue weighted by Crippen LogP contribution is -2.03. The predicted molar refractivity (Wildman–Crippen MR) is 81.0 cm³/mol. The number of carboxylic acids is 1. The number of pyridine rings is 2. The molecule has 0 aliphatic carbocycles. The van der Waals surface area contributed by atoms with E-state index in [9.17, 15) is 4.79 Å². The van der Waals surface area contributed by atoms with Gasteiger partial charge >= 0.3 is 5.97 Å². The summed E-state index contributed by atoms with van der Waals surface area (Å²) in [5.74, 6) is -1.05. The minimum Gasteiger partial charge on any atom is -0.477 e. The third kappa shape index (κ3) is 2.67. The molecule has 0 saturated carbocycles. The highest BCUT2D eigenvalue weighted by atomic mass is 16.4. The van der Waals surface area contributed by atoms with Crippen LogP contribution in [0.4, 0.5) is 11.4 Å². The molecule has 0 saturated heterocycles. The number of aromatic nitrogens is 2. The van der Waals surface area contributed by atoms with Gasteiger partial charge in [0, 0.05) is 11.1 Å². The summed E-state index contributed by atoms with van der Waals surface area (Å²) in [5, 5.41) is 13.2. The first-order chi connectivity index (χ1) is 10.1. The lowest BCUT2D eigenvalue weighted by molar-refractivity contribution is 0.0691. The third-order valence-corrected chi connectivity index (χ3v) is 3.13. The van der Waals surface area contributed by atoms with Crippen molar-refractivity contribution in [3.05, 3.63) is 60.0 Å². The average Bonchev–Trinajstić information content (AvgIpc) is 2.49. The fourth-order valence-electron chi connectivity index (χ4n) is 2.09. The molecular weight excluding hydrogens is 266 g/mol. The van der Waals surface area contributed by atoms with Crippen LogP contribution in [0.2, 0.25) is 0 Å². The number of fused-ring (bicyclic) bond motifs is 1. The number of aromatic carboxylic acids is 1. The topological polar surface area (TPSA) is 75.1 Å². The summed E-state index contributed by atoms with van der Waals surface area (Å²) >= 11 is 0. The van der Waals surface area contributed by atoms with Crippen LogP contribution in [0.25, 0.3) is 10.9 Å². The van der Waals surface area contributed by atoms with E-state index in [2.05, 4.69) is 15.3 Å². The molecule has 0 amide bonds. The third-order valence-electron chi connectivity index (χ3n) is 3.13. The molecule has 0 radical (unpaired) electrons. The summed E-state index contributed by atoms with van der Waals surface area (Å²) in [6.45, 7) is 1.91. The molecule has 3 aromatic rings. The Labute approximate surface area is 121 Å². The number of nitrogens with one attached hydrogen (secondary N) is 1. The van der Waals surface area contributed by atoms with Crippen LogP contribution in [-0.4, -0.2) is 21.0 Å². The Balaban J connectivity index is 2.11. The van der Waals surface area contributed by atoms with E-state index in [1.165, 1.54) is 6.07 Å². The van der Waals surface area contributed by atoms with Gasteiger partial charge in [-0.15, -0.1) is 0 Å². The smallest absolute Gasteiger partial charge is 0.354 e. The predicted octanol–water partition coefficient (Wildman–Crippen LogP) is 3.38. The van der Waals surface area contributed by atoms with Crippen LogP contribution in [0.5, 0.6) is 0 Å². The molecule has 2 N–H and O–H groups in total. The number of hydrogen-bond acceptors (Lipinski definition) is 4. The van der Waals surface area contributed by atoms with Crippen LogP contribution < -0.4 is 5.32 Å². The maximum absolute atomic E-state index is 11.2. The van der Waals surface area contributed by atoms with Gasteiger partial charge < -0.3 is 10.4 Å². The highest BCUT2D eigenvalue weighted by Crippen LogP contribution is 2.26. The van der Waals surface area contributed by atoms with Gasteiger partial charge in [0.1, 0.15) is 0 Å². The molecule has 21 heavy (non-hydrogen) atoms. The summed E-state index contributed by atoms with van der Waals surface area (Å²) in [5.41, 5.74) is 3.07. The maximum atomic E-state index is 11.2. The summed E-state index contributed by atoms with van der Waals surface area (Å²) in [6, 6.07) is 12.7. The highest BCUT2D eigenvalue weighted by Gasteiger charge is 2.10. The summed E-state index contributed by atoms with van der Waals surface area (Å²) in [6.07, 6.45) is 1.71. The van der Waals surface area contributed by atoms with E-state index in [-0.39, 0.29) is 5.69 Å². The number of rotatable bonds is 3. The van der Waals surface area contributed by atoms with Gasteiger partial charge in [-0.3, -0.25) is 4.98 Å². The average molecular weight is 279 g/mol. The zero-order valence-electron chi connectivity index (χ0n) is 11.4. The molecule has 0 atom stereocenters. The van der Waals surface area contributed by atoms with Gasteiger partial charge in [0.15, 0.2) is 5.69 Å². The van der Waals surface area contributed by atoms with Crippen molar-refractivity contribution in [2.24, 2.45) is 0 Å². The van der Waals surface area contributed by atoms with Gasteiger partial charge in [0.05, 0.1) is 23.1 Å². The lowest BCUT2D eigenvalue weighted by atomic mass is 10.1. The van der Waals surface area contributed by atoms with E-state index in [0.717, 1.165) is 16.8 Å². The van der Waals surface area contributed by atoms with Crippen molar-refractivity contribution in [3.63, 3.8) is 0 Å². The van der Waals surface area contributed by atoms with Crippen LogP contribution in [-0.2, 0) is 0 Å². The molecule has 0 fully saturated rings. The van der Waals surface area contributed by atoms with Crippen molar-refractivity contribution in [1.29, 1.82) is 0 Å². The highest BCUT2D eigenvalue weighted by molar-refractivity contribution is 5.98. The maximum Gasteiger partial charge on any atom is 0.354 e. The second-order valence-electron chi connectivity index (χ2n) is 4.69. The Morgan fingerprint density at radius 1 is 1.19 bits per heavy atom. The molecule has 104 valence electrons. The van der Waals surface area contributed by atoms with Gasteiger partial charge in [-0.2, -0.15) is 0 Å². The number of anilines is 2. The standard InChI is InChI=1S/C16H13N3O2/c1-10-6-7-11(9-17-10)18-14-8-15(16(20)21)19-13-5-3-2-4-12(13)14/h2-9H,1H3,(H,18,19)(H,20,21). The lowest BCUT2D eigenvalue weighted by Gasteiger charge is -2.10. The molecule has 0 bridgehead atoms. The van der Waals surface area contributed by atoms with Crippen LogP contribution >= 0.6 is 0 Å². The van der Waals surface area contributed by atoms with Crippen LogP contribution in [0.1, 0.15) is 16.2 Å². The minimum atomic E-state index is -1.05. The summed E-state index contributed by atoms with van der Waals surface area (Å²) in [7, 11) is 0. The summed E-state index contributed by atoms with van der Waals surface area (Å²) < 4.78 is 0. The minimum absolute atomic E-state index is 0.0104. The molecule has 0 aliphatic rings. The van der Waals surface area contributed by atoms with Crippen LogP contribution in [0.3, 0.4) is 0 Å². The van der Waals surface area contributed by atoms with Crippen molar-refractivity contribution in [2.75, 3.05) is 5.32 Å². The number of nitrogens with zero attached hydrogens (tertiary/aromatic N) is 2. The van der Waals surface area contributed by atoms with Gasteiger partial charge in [-0.1, -0.05) is 18.2 Å². The zero-order valence-corrected chi connectivity index (χ0v) is 11.4. The molecular formula is C16H13N3O2. The number of para-hydroxylation sites is 1. The Bertz CT molecular complexity index is 813. The first kappa shape index (κ1) is 13.1. The Kier molecular flexibility index (Phi) is 3.23. The molecule has 5 heteroatoms. The van der Waals surface area contributed by atoms with E-state index in [4.69, 9.17) is 5.11 Å². The Morgan fingerprint density at radius 3 is 2.71 bits per heavy atom. The van der Waals surface area contributed by atoms with Gasteiger partial charge in [-0.05, 0) is 31.2 Å². The van der Waals surface area contributed by atoms with Crippen LogP contribution in [0.15, 0.2) is 48.7 Å². The molecule has 3 rings (SSSR count). The molecule has 0 spiro atoms. The quantitative estimate of drug-likeness (QED) is 0.768. The van der Waals surface area contributed by atoms with Crippen molar-refractivity contribution < 1.29 is 9.90 Å². The van der Waals surface area contributed by atoms with Crippen molar-refractivity contribution in [2.45, 2.75) is 6.92 Å². The van der Waals surface area contributed by atoms with E-state index in [0.29, 0.717) is 11.2 Å². The second-order valence-corrected chi connectivity index (χ2v) is 4.69. The van der Waals surface area contributed by atoms with Crippen LogP contribution in [0, 0.1) is 6.92 Å². The van der Waals surface area contributed by atoms with Crippen molar-refractivity contribution >= 4 is 28.2 Å².